The number of amides is 1. The Morgan fingerprint density at radius 1 is 0.914 bits per heavy atom. The minimum atomic E-state index is -4.87. The van der Waals surface area contributed by atoms with Crippen LogP contribution in [0.3, 0.4) is 0 Å². The lowest BCUT2D eigenvalue weighted by molar-refractivity contribution is -0.274. The minimum Gasteiger partial charge on any atom is -0.507 e. The van der Waals surface area contributed by atoms with Crippen LogP contribution in [0.4, 0.5) is 18.9 Å². The van der Waals surface area contributed by atoms with Gasteiger partial charge in [0.15, 0.2) is 0 Å². The maximum Gasteiger partial charge on any atom is 0.573 e. The SMILES string of the molecule is CCOc1ccc(/C(O)=C2\C(=O)C(=O)N(c3ccc(OC(F)(F)F)cc3)C2c2ccccc2)cc1. The first-order valence-corrected chi connectivity index (χ1v) is 10.6. The van der Waals surface area contributed by atoms with Gasteiger partial charge in [0, 0.05) is 11.3 Å². The first-order valence-electron chi connectivity index (χ1n) is 10.6. The molecule has 1 fully saturated rings. The van der Waals surface area contributed by atoms with Crippen molar-refractivity contribution in [3.8, 4) is 11.5 Å². The molecule has 3 aromatic carbocycles. The van der Waals surface area contributed by atoms with Crippen molar-refractivity contribution in [2.75, 3.05) is 11.5 Å². The summed E-state index contributed by atoms with van der Waals surface area (Å²) < 4.78 is 46.9. The van der Waals surface area contributed by atoms with E-state index in [1.807, 2.05) is 6.92 Å². The van der Waals surface area contributed by atoms with Crippen molar-refractivity contribution in [3.63, 3.8) is 0 Å². The zero-order valence-corrected chi connectivity index (χ0v) is 18.5. The summed E-state index contributed by atoms with van der Waals surface area (Å²) in [6.07, 6.45) is -4.87. The fraction of sp³-hybridized carbons (Fsp3) is 0.154. The summed E-state index contributed by atoms with van der Waals surface area (Å²) in [6, 6.07) is 18.6. The predicted octanol–water partition coefficient (Wildman–Crippen LogP) is 5.61. The zero-order valence-electron chi connectivity index (χ0n) is 18.5. The molecular weight excluding hydrogens is 463 g/mol. The predicted molar refractivity (Wildman–Crippen MR) is 122 cm³/mol. The molecule has 1 amide bonds. The Kier molecular flexibility index (Phi) is 6.50. The van der Waals surface area contributed by atoms with Gasteiger partial charge < -0.3 is 14.6 Å². The molecular formula is C26H20F3NO5. The van der Waals surface area contributed by atoms with Crippen LogP contribution in [0.2, 0.25) is 0 Å². The second-order valence-corrected chi connectivity index (χ2v) is 7.58. The fourth-order valence-corrected chi connectivity index (χ4v) is 3.89. The maximum absolute atomic E-state index is 13.1. The normalized spacial score (nSPS) is 17.5. The molecule has 35 heavy (non-hydrogen) atoms. The first-order chi connectivity index (χ1) is 16.7. The number of hydrogen-bond acceptors (Lipinski definition) is 5. The van der Waals surface area contributed by atoms with E-state index in [9.17, 15) is 27.9 Å². The molecule has 0 bridgehead atoms. The van der Waals surface area contributed by atoms with Crippen LogP contribution in [0.15, 0.2) is 84.4 Å². The Morgan fingerprint density at radius 2 is 1.51 bits per heavy atom. The lowest BCUT2D eigenvalue weighted by atomic mass is 9.95. The van der Waals surface area contributed by atoms with E-state index in [-0.39, 0.29) is 17.0 Å². The van der Waals surface area contributed by atoms with Crippen LogP contribution in [0.25, 0.3) is 5.76 Å². The van der Waals surface area contributed by atoms with E-state index < -0.39 is 29.8 Å². The molecule has 0 aliphatic carbocycles. The first kappa shape index (κ1) is 23.9. The highest BCUT2D eigenvalue weighted by Crippen LogP contribution is 2.42. The number of ketones is 1. The number of ether oxygens (including phenoxy) is 2. The van der Waals surface area contributed by atoms with Crippen LogP contribution < -0.4 is 14.4 Å². The highest BCUT2D eigenvalue weighted by atomic mass is 19.4. The van der Waals surface area contributed by atoms with E-state index in [0.29, 0.717) is 23.5 Å². The molecule has 9 heteroatoms. The molecule has 0 aromatic heterocycles. The molecule has 0 spiro atoms. The number of aliphatic hydroxyl groups excluding tert-OH is 1. The van der Waals surface area contributed by atoms with Crippen LogP contribution in [0.5, 0.6) is 11.5 Å². The van der Waals surface area contributed by atoms with Gasteiger partial charge in [-0.3, -0.25) is 14.5 Å². The van der Waals surface area contributed by atoms with Crippen molar-refractivity contribution in [3.05, 3.63) is 95.6 Å². The van der Waals surface area contributed by atoms with Gasteiger partial charge in [-0.2, -0.15) is 0 Å². The van der Waals surface area contributed by atoms with Gasteiger partial charge in [0.25, 0.3) is 11.7 Å². The number of nitrogens with zero attached hydrogens (tertiary/aromatic N) is 1. The van der Waals surface area contributed by atoms with Gasteiger partial charge in [-0.15, -0.1) is 13.2 Å². The zero-order chi connectivity index (χ0) is 25.2. The van der Waals surface area contributed by atoms with Crippen molar-refractivity contribution >= 4 is 23.1 Å². The van der Waals surface area contributed by atoms with E-state index in [1.54, 1.807) is 54.6 Å². The van der Waals surface area contributed by atoms with E-state index in [0.717, 1.165) is 17.0 Å². The third-order valence-corrected chi connectivity index (χ3v) is 5.35. The lowest BCUT2D eigenvalue weighted by Crippen LogP contribution is -2.29. The molecule has 180 valence electrons. The Balaban J connectivity index is 1.80. The molecule has 0 saturated carbocycles. The number of Topliss-reactive ketones (excluding diaryl/α,β-unsaturated/α-hetero) is 1. The topological polar surface area (TPSA) is 76.1 Å². The Bertz CT molecular complexity index is 1250. The number of hydrogen-bond donors (Lipinski definition) is 1. The summed E-state index contributed by atoms with van der Waals surface area (Å²) in [5.41, 5.74) is 0.873. The molecule has 3 aromatic rings. The lowest BCUT2D eigenvalue weighted by Gasteiger charge is -2.25. The standard InChI is InChI=1S/C26H20F3NO5/c1-2-34-19-12-8-17(9-13-19)23(31)21-22(16-6-4-3-5-7-16)30(25(33)24(21)32)18-10-14-20(15-11-18)35-26(27,28)29/h3-15,22,31H,2H2,1H3/b23-21+. The van der Waals surface area contributed by atoms with Crippen LogP contribution in [0, 0.1) is 0 Å². The summed E-state index contributed by atoms with van der Waals surface area (Å²) >= 11 is 0. The Labute approximate surface area is 198 Å². The molecule has 1 N–H and O–H groups in total. The van der Waals surface area contributed by atoms with E-state index in [4.69, 9.17) is 4.74 Å². The van der Waals surface area contributed by atoms with Gasteiger partial charge in [-0.1, -0.05) is 30.3 Å². The van der Waals surface area contributed by atoms with Crippen molar-refractivity contribution in [1.29, 1.82) is 0 Å². The quantitative estimate of drug-likeness (QED) is 0.280. The van der Waals surface area contributed by atoms with E-state index in [1.165, 1.54) is 12.1 Å². The van der Waals surface area contributed by atoms with Crippen LogP contribution in [0.1, 0.15) is 24.1 Å². The second-order valence-electron chi connectivity index (χ2n) is 7.58. The number of carbonyl (C=O) groups excluding carboxylic acids is 2. The average molecular weight is 483 g/mol. The van der Waals surface area contributed by atoms with Gasteiger partial charge in [0.05, 0.1) is 18.2 Å². The number of anilines is 1. The van der Waals surface area contributed by atoms with Gasteiger partial charge in [-0.25, -0.2) is 0 Å². The summed E-state index contributed by atoms with van der Waals surface area (Å²) in [5, 5.41) is 11.1. The Hall–Kier alpha value is -4.27. The largest absolute Gasteiger partial charge is 0.573 e. The van der Waals surface area contributed by atoms with E-state index >= 15 is 0 Å². The number of rotatable bonds is 6. The summed E-state index contributed by atoms with van der Waals surface area (Å²) in [5.74, 6) is -2.11. The number of carbonyl (C=O) groups is 2. The fourth-order valence-electron chi connectivity index (χ4n) is 3.89. The molecule has 0 radical (unpaired) electrons. The number of halogens is 3. The van der Waals surface area contributed by atoms with Gasteiger partial charge in [0.1, 0.15) is 17.3 Å². The number of aliphatic hydroxyl groups is 1. The van der Waals surface area contributed by atoms with Crippen LogP contribution in [-0.2, 0) is 9.59 Å². The third-order valence-electron chi connectivity index (χ3n) is 5.35. The van der Waals surface area contributed by atoms with Gasteiger partial charge in [-0.05, 0) is 61.0 Å². The number of alkyl halides is 3. The molecule has 4 rings (SSSR count). The molecule has 1 heterocycles. The molecule has 6 nitrogen and oxygen atoms in total. The monoisotopic (exact) mass is 483 g/mol. The number of benzene rings is 3. The Morgan fingerprint density at radius 3 is 2.09 bits per heavy atom. The molecule has 1 saturated heterocycles. The van der Waals surface area contributed by atoms with E-state index in [2.05, 4.69) is 4.74 Å². The van der Waals surface area contributed by atoms with Gasteiger partial charge in [0.2, 0.25) is 0 Å². The molecule has 1 atom stereocenters. The maximum atomic E-state index is 13.1. The second kappa shape index (κ2) is 9.54. The molecule has 1 aliphatic rings. The van der Waals surface area contributed by atoms with Crippen molar-refractivity contribution in [2.45, 2.75) is 19.3 Å². The smallest absolute Gasteiger partial charge is 0.507 e. The third kappa shape index (κ3) is 4.98. The summed E-state index contributed by atoms with van der Waals surface area (Å²) in [7, 11) is 0. The highest BCUT2D eigenvalue weighted by Gasteiger charge is 2.47. The van der Waals surface area contributed by atoms with Crippen molar-refractivity contribution in [1.82, 2.24) is 0 Å². The van der Waals surface area contributed by atoms with Crippen molar-refractivity contribution in [2.24, 2.45) is 0 Å². The summed E-state index contributed by atoms with van der Waals surface area (Å²) in [6.45, 7) is 2.29. The average Bonchev–Trinajstić information content (AvgIpc) is 3.10. The highest BCUT2D eigenvalue weighted by molar-refractivity contribution is 6.51. The van der Waals surface area contributed by atoms with Crippen LogP contribution >= 0.6 is 0 Å². The molecule has 1 aliphatic heterocycles. The summed E-state index contributed by atoms with van der Waals surface area (Å²) in [4.78, 5) is 27.3. The minimum absolute atomic E-state index is 0.138. The van der Waals surface area contributed by atoms with Crippen molar-refractivity contribution < 1.29 is 37.3 Å². The van der Waals surface area contributed by atoms with Gasteiger partial charge >= 0.3 is 6.36 Å². The van der Waals surface area contributed by atoms with Crippen LogP contribution in [-0.4, -0.2) is 29.8 Å². The molecule has 1 unspecified atom stereocenters.